The van der Waals surface area contributed by atoms with Gasteiger partial charge in [0.1, 0.15) is 12.0 Å². The number of hydrogen-bond acceptors (Lipinski definition) is 7. The molecule has 2 aromatic heterocycles. The Morgan fingerprint density at radius 1 is 1.15 bits per heavy atom. The molecule has 0 amide bonds. The summed E-state index contributed by atoms with van der Waals surface area (Å²) in [5, 5.41) is 3.62. The molecule has 2 heterocycles. The summed E-state index contributed by atoms with van der Waals surface area (Å²) < 4.78 is 77.2. The van der Waals surface area contributed by atoms with Crippen molar-refractivity contribution in [2.75, 3.05) is 11.8 Å². The molecule has 1 N–H and O–H groups in total. The van der Waals surface area contributed by atoms with Crippen LogP contribution in [0.1, 0.15) is 0 Å². The molecule has 0 radical (unpaired) electrons. The Kier molecular flexibility index (Phi) is 6.27. The second kappa shape index (κ2) is 8.89. The van der Waals surface area contributed by atoms with Crippen LogP contribution in [0.15, 0.2) is 73.9 Å². The molecule has 0 aliphatic rings. The van der Waals surface area contributed by atoms with Crippen molar-refractivity contribution >= 4 is 50.1 Å². The van der Waals surface area contributed by atoms with E-state index in [4.69, 9.17) is 16.3 Å². The number of methoxy groups -OCH3 is 1. The summed E-state index contributed by atoms with van der Waals surface area (Å²) in [5.74, 6) is -0.0450. The lowest BCUT2D eigenvalue weighted by Crippen LogP contribution is -2.19. The number of alkyl halides is 3. The number of fused-ring (bicyclic) bond motifs is 1. The van der Waals surface area contributed by atoms with Crippen molar-refractivity contribution in [2.24, 2.45) is 0 Å². The molecule has 14 heteroatoms. The summed E-state index contributed by atoms with van der Waals surface area (Å²) in [5.41, 5.74) is -4.74. The van der Waals surface area contributed by atoms with Gasteiger partial charge in [0.15, 0.2) is 5.82 Å². The van der Waals surface area contributed by atoms with Gasteiger partial charge in [-0.05, 0) is 48.2 Å². The van der Waals surface area contributed by atoms with E-state index in [1.165, 1.54) is 60.4 Å². The highest BCUT2D eigenvalue weighted by Gasteiger charge is 2.31. The number of hydrogen-bond donors (Lipinski definition) is 1. The third kappa shape index (κ3) is 4.86. The Balaban J connectivity index is 1.85. The topological polar surface area (TPSA) is 103 Å². The predicted octanol–water partition coefficient (Wildman–Crippen LogP) is 5.05. The molecule has 0 saturated heterocycles. The van der Waals surface area contributed by atoms with Gasteiger partial charge < -0.3 is 9.26 Å². The number of anilines is 1. The van der Waals surface area contributed by atoms with Crippen LogP contribution in [-0.2, 0) is 10.0 Å². The first-order chi connectivity index (χ1) is 16.0. The molecule has 0 aliphatic heterocycles. The molecular formula is C20H13ClF3N3O5S2. The van der Waals surface area contributed by atoms with Crippen LogP contribution < -0.4 is 15.0 Å². The van der Waals surface area contributed by atoms with E-state index in [9.17, 15) is 26.4 Å². The van der Waals surface area contributed by atoms with Gasteiger partial charge >= 0.3 is 5.51 Å². The van der Waals surface area contributed by atoms with Gasteiger partial charge in [-0.2, -0.15) is 13.2 Å². The molecule has 0 fully saturated rings. The van der Waals surface area contributed by atoms with Crippen LogP contribution in [0, 0.1) is 0 Å². The second-order valence-corrected chi connectivity index (χ2v) is 9.92. The van der Waals surface area contributed by atoms with Crippen molar-refractivity contribution in [3.63, 3.8) is 0 Å². The fourth-order valence-electron chi connectivity index (χ4n) is 3.17. The van der Waals surface area contributed by atoms with Gasteiger partial charge in [-0.15, -0.1) is 0 Å². The maximum Gasteiger partial charge on any atom is 0.446 e. The van der Waals surface area contributed by atoms with E-state index in [0.717, 1.165) is 6.07 Å². The fourth-order valence-corrected chi connectivity index (χ4v) is 5.04. The lowest BCUT2D eigenvalue weighted by atomic mass is 10.2. The standard InChI is InChI=1S/C20H13ClF3N3O5S2/c1-31-16-10-17(33-20(22,23)24)13(21)9-15(16)27-14-4-3-12(8-11(14)2-5-19(27)28)34(29,30)26-18-6-7-32-25-18/h2-10H,1H3,(H,25,26). The van der Waals surface area contributed by atoms with Crippen LogP contribution in [0.3, 0.4) is 0 Å². The Hall–Kier alpha value is -3.16. The highest BCUT2D eigenvalue weighted by atomic mass is 35.5. The minimum absolute atomic E-state index is 0.0127. The first kappa shape index (κ1) is 24.0. The zero-order valence-electron chi connectivity index (χ0n) is 17.0. The maximum atomic E-state index is 12.9. The maximum absolute atomic E-state index is 12.9. The summed E-state index contributed by atoms with van der Waals surface area (Å²) in [7, 11) is -2.78. The first-order valence-corrected chi connectivity index (χ1v) is 11.9. The van der Waals surface area contributed by atoms with Gasteiger partial charge in [0.2, 0.25) is 0 Å². The summed E-state index contributed by atoms with van der Waals surface area (Å²) in [6, 6.07) is 10.2. The Bertz CT molecular complexity index is 1540. The van der Waals surface area contributed by atoms with Gasteiger partial charge in [-0.1, -0.05) is 16.8 Å². The quantitative estimate of drug-likeness (QED) is 0.347. The van der Waals surface area contributed by atoms with Gasteiger partial charge in [0.25, 0.3) is 15.6 Å². The number of thioether (sulfide) groups is 1. The second-order valence-electron chi connectivity index (χ2n) is 6.72. The summed E-state index contributed by atoms with van der Waals surface area (Å²) >= 11 is 5.67. The number of rotatable bonds is 6. The Morgan fingerprint density at radius 3 is 2.56 bits per heavy atom. The number of aromatic nitrogens is 2. The van der Waals surface area contributed by atoms with Crippen molar-refractivity contribution in [3.8, 4) is 11.4 Å². The average molecular weight is 532 g/mol. The van der Waals surface area contributed by atoms with Gasteiger partial charge in [0, 0.05) is 22.4 Å². The van der Waals surface area contributed by atoms with Gasteiger partial charge in [-0.3, -0.25) is 14.1 Å². The SMILES string of the molecule is COc1cc(SC(F)(F)F)c(Cl)cc1-n1c(=O)ccc2cc(S(=O)(=O)Nc3ccon3)ccc21. The molecule has 2 aromatic carbocycles. The van der Waals surface area contributed by atoms with Gasteiger partial charge in [0.05, 0.1) is 28.2 Å². The Morgan fingerprint density at radius 2 is 1.91 bits per heavy atom. The summed E-state index contributed by atoms with van der Waals surface area (Å²) in [6.45, 7) is 0. The van der Waals surface area contributed by atoms with Crippen LogP contribution in [0.25, 0.3) is 16.6 Å². The number of sulfonamides is 1. The minimum Gasteiger partial charge on any atom is -0.495 e. The monoisotopic (exact) mass is 531 g/mol. The van der Waals surface area contributed by atoms with Crippen molar-refractivity contribution in [3.05, 3.63) is 70.2 Å². The third-order valence-electron chi connectivity index (χ3n) is 4.55. The fraction of sp³-hybridized carbons (Fsp3) is 0.100. The largest absolute Gasteiger partial charge is 0.495 e. The third-order valence-corrected chi connectivity index (χ3v) is 7.12. The van der Waals surface area contributed by atoms with E-state index in [1.54, 1.807) is 0 Å². The molecule has 8 nitrogen and oxygen atoms in total. The molecule has 34 heavy (non-hydrogen) atoms. The number of nitrogens with zero attached hydrogens (tertiary/aromatic N) is 2. The lowest BCUT2D eigenvalue weighted by molar-refractivity contribution is -0.0328. The van der Waals surface area contributed by atoms with E-state index in [2.05, 4.69) is 14.4 Å². The molecule has 0 saturated carbocycles. The Labute approximate surface area is 199 Å². The van der Waals surface area contributed by atoms with Gasteiger partial charge in [-0.25, -0.2) is 8.42 Å². The van der Waals surface area contributed by atoms with E-state index >= 15 is 0 Å². The van der Waals surface area contributed by atoms with Crippen LogP contribution >= 0.6 is 23.4 Å². The van der Waals surface area contributed by atoms with E-state index < -0.39 is 32.9 Å². The van der Waals surface area contributed by atoms with E-state index in [0.29, 0.717) is 5.39 Å². The van der Waals surface area contributed by atoms with Crippen LogP contribution in [0.2, 0.25) is 5.02 Å². The zero-order valence-corrected chi connectivity index (χ0v) is 19.3. The van der Waals surface area contributed by atoms with Crippen LogP contribution in [0.4, 0.5) is 19.0 Å². The zero-order chi connectivity index (χ0) is 24.7. The van der Waals surface area contributed by atoms with E-state index in [-0.39, 0.29) is 37.6 Å². The van der Waals surface area contributed by atoms with Crippen molar-refractivity contribution in [2.45, 2.75) is 15.3 Å². The lowest BCUT2D eigenvalue weighted by Gasteiger charge is -2.17. The number of pyridine rings is 1. The first-order valence-electron chi connectivity index (χ1n) is 9.21. The normalized spacial score (nSPS) is 12.1. The smallest absolute Gasteiger partial charge is 0.446 e. The highest BCUT2D eigenvalue weighted by Crippen LogP contribution is 2.43. The molecule has 0 aliphatic carbocycles. The molecule has 0 unspecified atom stereocenters. The van der Waals surface area contributed by atoms with E-state index in [1.807, 2.05) is 0 Å². The summed E-state index contributed by atoms with van der Waals surface area (Å²) in [6.07, 6.45) is 1.20. The molecule has 0 spiro atoms. The molecule has 4 aromatic rings. The van der Waals surface area contributed by atoms with Crippen LogP contribution in [0.5, 0.6) is 5.75 Å². The molecule has 0 bridgehead atoms. The molecular weight excluding hydrogens is 519 g/mol. The number of halogens is 4. The number of nitrogens with one attached hydrogen (secondary N) is 1. The number of benzene rings is 2. The van der Waals surface area contributed by atoms with Crippen LogP contribution in [-0.4, -0.2) is 30.8 Å². The van der Waals surface area contributed by atoms with Crippen molar-refractivity contribution in [1.82, 2.24) is 9.72 Å². The molecule has 178 valence electrons. The van der Waals surface area contributed by atoms with Crippen molar-refractivity contribution < 1.29 is 30.8 Å². The summed E-state index contributed by atoms with van der Waals surface area (Å²) in [4.78, 5) is 12.3. The van der Waals surface area contributed by atoms with Crippen molar-refractivity contribution in [1.29, 1.82) is 0 Å². The predicted molar refractivity (Wildman–Crippen MR) is 120 cm³/mol. The minimum atomic E-state index is -4.58. The average Bonchev–Trinajstić information content (AvgIpc) is 3.26. The molecule has 4 rings (SSSR count). The highest BCUT2D eigenvalue weighted by molar-refractivity contribution is 8.00. The number of ether oxygens (including phenoxy) is 1. The molecule has 0 atom stereocenters.